The predicted octanol–water partition coefficient (Wildman–Crippen LogP) is 1.10. The molecular formula is C11H19NO5. The summed E-state index contributed by atoms with van der Waals surface area (Å²) in [7, 11) is 0. The Bertz CT molecular complexity index is 302. The topological polar surface area (TPSA) is 76.1 Å². The minimum Gasteiger partial charge on any atom is -0.480 e. The van der Waals surface area contributed by atoms with Gasteiger partial charge in [-0.2, -0.15) is 0 Å². The number of carboxylic acid groups (broad SMARTS) is 1. The second kappa shape index (κ2) is 5.35. The molecule has 1 heterocycles. The minimum atomic E-state index is -1.07. The van der Waals surface area contributed by atoms with Gasteiger partial charge >= 0.3 is 12.1 Å². The van der Waals surface area contributed by atoms with Gasteiger partial charge in [-0.05, 0) is 20.3 Å². The molecule has 1 aliphatic heterocycles. The van der Waals surface area contributed by atoms with Crippen LogP contribution in [-0.2, 0) is 14.3 Å². The molecule has 0 radical (unpaired) electrons. The SMILES string of the molecule is CCC(C)(C)OC(=O)N1CCOCC1C(=O)O. The molecule has 0 spiro atoms. The van der Waals surface area contributed by atoms with Crippen LogP contribution in [-0.4, -0.2) is 53.5 Å². The normalized spacial score (nSPS) is 21.1. The number of amides is 1. The van der Waals surface area contributed by atoms with E-state index >= 15 is 0 Å². The van der Waals surface area contributed by atoms with E-state index < -0.39 is 23.7 Å². The average Bonchev–Trinajstić information content (AvgIpc) is 2.28. The van der Waals surface area contributed by atoms with Crippen molar-refractivity contribution in [1.82, 2.24) is 4.90 Å². The molecule has 17 heavy (non-hydrogen) atoms. The standard InChI is InChI=1S/C11H19NO5/c1-4-11(2,3)17-10(15)12-5-6-16-7-8(12)9(13)14/h8H,4-7H2,1-3H3,(H,13,14). The van der Waals surface area contributed by atoms with Crippen molar-refractivity contribution < 1.29 is 24.2 Å². The quantitative estimate of drug-likeness (QED) is 0.805. The number of carbonyl (C=O) groups is 2. The van der Waals surface area contributed by atoms with Crippen LogP contribution < -0.4 is 0 Å². The second-order valence-corrected chi connectivity index (χ2v) is 4.60. The lowest BCUT2D eigenvalue weighted by molar-refractivity contribution is -0.149. The van der Waals surface area contributed by atoms with Crippen molar-refractivity contribution in [2.45, 2.75) is 38.8 Å². The number of nitrogens with zero attached hydrogens (tertiary/aromatic N) is 1. The molecule has 1 saturated heterocycles. The van der Waals surface area contributed by atoms with E-state index in [1.165, 1.54) is 4.90 Å². The molecule has 6 nitrogen and oxygen atoms in total. The van der Waals surface area contributed by atoms with E-state index in [2.05, 4.69) is 0 Å². The molecule has 1 unspecified atom stereocenters. The maximum absolute atomic E-state index is 11.9. The molecule has 0 aromatic rings. The molecule has 1 N–H and O–H groups in total. The van der Waals surface area contributed by atoms with Crippen LogP contribution in [0.4, 0.5) is 4.79 Å². The van der Waals surface area contributed by atoms with Gasteiger partial charge < -0.3 is 14.6 Å². The van der Waals surface area contributed by atoms with E-state index in [4.69, 9.17) is 14.6 Å². The van der Waals surface area contributed by atoms with Crippen molar-refractivity contribution in [3.63, 3.8) is 0 Å². The number of aliphatic carboxylic acids is 1. The summed E-state index contributed by atoms with van der Waals surface area (Å²) in [6.45, 7) is 6.08. The summed E-state index contributed by atoms with van der Waals surface area (Å²) >= 11 is 0. The number of ether oxygens (including phenoxy) is 2. The Labute approximate surface area is 100 Å². The highest BCUT2D eigenvalue weighted by molar-refractivity contribution is 5.80. The molecule has 0 aromatic carbocycles. The highest BCUT2D eigenvalue weighted by atomic mass is 16.6. The van der Waals surface area contributed by atoms with Gasteiger partial charge in [-0.25, -0.2) is 9.59 Å². The first-order chi connectivity index (χ1) is 7.87. The van der Waals surface area contributed by atoms with Crippen molar-refractivity contribution >= 4 is 12.1 Å². The fraction of sp³-hybridized carbons (Fsp3) is 0.818. The zero-order valence-corrected chi connectivity index (χ0v) is 10.4. The van der Waals surface area contributed by atoms with Crippen molar-refractivity contribution in [2.75, 3.05) is 19.8 Å². The summed E-state index contributed by atoms with van der Waals surface area (Å²) in [5.74, 6) is -1.07. The summed E-state index contributed by atoms with van der Waals surface area (Å²) in [6.07, 6.45) is 0.0772. The van der Waals surface area contributed by atoms with E-state index in [0.29, 0.717) is 13.0 Å². The Morgan fingerprint density at radius 2 is 2.18 bits per heavy atom. The Kier molecular flexibility index (Phi) is 4.34. The average molecular weight is 245 g/mol. The minimum absolute atomic E-state index is 0.0109. The van der Waals surface area contributed by atoms with Crippen molar-refractivity contribution in [3.05, 3.63) is 0 Å². The lowest BCUT2D eigenvalue weighted by Crippen LogP contribution is -2.54. The molecular weight excluding hydrogens is 226 g/mol. The molecule has 0 bridgehead atoms. The first-order valence-electron chi connectivity index (χ1n) is 5.67. The van der Waals surface area contributed by atoms with Crippen molar-refractivity contribution in [1.29, 1.82) is 0 Å². The third kappa shape index (κ3) is 3.59. The van der Waals surface area contributed by atoms with Crippen LogP contribution in [0.3, 0.4) is 0 Å². The van der Waals surface area contributed by atoms with Gasteiger partial charge in [0.1, 0.15) is 5.60 Å². The van der Waals surface area contributed by atoms with Gasteiger partial charge in [-0.1, -0.05) is 6.92 Å². The fourth-order valence-electron chi connectivity index (χ4n) is 1.39. The van der Waals surface area contributed by atoms with Gasteiger partial charge in [0.25, 0.3) is 0 Å². The van der Waals surface area contributed by atoms with Crippen LogP contribution in [0.25, 0.3) is 0 Å². The monoisotopic (exact) mass is 245 g/mol. The molecule has 0 aliphatic carbocycles. The van der Waals surface area contributed by atoms with Gasteiger partial charge in [0.2, 0.25) is 0 Å². The highest BCUT2D eigenvalue weighted by Gasteiger charge is 2.35. The maximum Gasteiger partial charge on any atom is 0.411 e. The number of carbonyl (C=O) groups excluding carboxylic acids is 1. The lowest BCUT2D eigenvalue weighted by atomic mass is 10.1. The number of rotatable bonds is 3. The number of hydrogen-bond donors (Lipinski definition) is 1. The van der Waals surface area contributed by atoms with Gasteiger partial charge in [-0.15, -0.1) is 0 Å². The molecule has 0 aromatic heterocycles. The number of hydrogen-bond acceptors (Lipinski definition) is 4. The predicted molar refractivity (Wildman–Crippen MR) is 59.8 cm³/mol. The molecule has 6 heteroatoms. The van der Waals surface area contributed by atoms with Crippen LogP contribution in [0.2, 0.25) is 0 Å². The Morgan fingerprint density at radius 1 is 1.53 bits per heavy atom. The van der Waals surface area contributed by atoms with Crippen LogP contribution in [0.1, 0.15) is 27.2 Å². The second-order valence-electron chi connectivity index (χ2n) is 4.60. The van der Waals surface area contributed by atoms with Gasteiger partial charge in [0.15, 0.2) is 6.04 Å². The zero-order valence-electron chi connectivity index (χ0n) is 10.4. The maximum atomic E-state index is 11.9. The van der Waals surface area contributed by atoms with E-state index in [0.717, 1.165) is 0 Å². The summed E-state index contributed by atoms with van der Waals surface area (Å²) in [6, 6.07) is -0.955. The number of carboxylic acids is 1. The first-order valence-corrected chi connectivity index (χ1v) is 5.67. The molecule has 0 saturated carbocycles. The highest BCUT2D eigenvalue weighted by Crippen LogP contribution is 2.18. The Hall–Kier alpha value is -1.30. The Balaban J connectivity index is 2.69. The third-order valence-electron chi connectivity index (χ3n) is 2.86. The van der Waals surface area contributed by atoms with Crippen molar-refractivity contribution in [3.8, 4) is 0 Å². The smallest absolute Gasteiger partial charge is 0.411 e. The molecule has 1 atom stereocenters. The van der Waals surface area contributed by atoms with Crippen LogP contribution in [0, 0.1) is 0 Å². The van der Waals surface area contributed by atoms with Gasteiger partial charge in [0, 0.05) is 6.54 Å². The third-order valence-corrected chi connectivity index (χ3v) is 2.86. The summed E-state index contributed by atoms with van der Waals surface area (Å²) in [4.78, 5) is 24.1. The Morgan fingerprint density at radius 3 is 2.71 bits per heavy atom. The summed E-state index contributed by atoms with van der Waals surface area (Å²) < 4.78 is 10.3. The van der Waals surface area contributed by atoms with Crippen LogP contribution in [0.5, 0.6) is 0 Å². The molecule has 1 fully saturated rings. The fourth-order valence-corrected chi connectivity index (χ4v) is 1.39. The lowest BCUT2D eigenvalue weighted by Gasteiger charge is -2.34. The van der Waals surface area contributed by atoms with Gasteiger partial charge in [0.05, 0.1) is 13.2 Å². The van der Waals surface area contributed by atoms with E-state index in [-0.39, 0.29) is 13.2 Å². The van der Waals surface area contributed by atoms with E-state index in [1.54, 1.807) is 13.8 Å². The molecule has 1 rings (SSSR count). The van der Waals surface area contributed by atoms with Crippen molar-refractivity contribution in [2.24, 2.45) is 0 Å². The number of morpholine rings is 1. The van der Waals surface area contributed by atoms with Crippen LogP contribution >= 0.6 is 0 Å². The zero-order chi connectivity index (χ0) is 13.1. The largest absolute Gasteiger partial charge is 0.480 e. The van der Waals surface area contributed by atoms with E-state index in [1.807, 2.05) is 6.92 Å². The van der Waals surface area contributed by atoms with Gasteiger partial charge in [-0.3, -0.25) is 4.90 Å². The van der Waals surface area contributed by atoms with E-state index in [9.17, 15) is 9.59 Å². The summed E-state index contributed by atoms with van der Waals surface area (Å²) in [5, 5.41) is 8.98. The van der Waals surface area contributed by atoms with Crippen LogP contribution in [0.15, 0.2) is 0 Å². The summed E-state index contributed by atoms with van der Waals surface area (Å²) in [5.41, 5.74) is -0.585. The molecule has 1 amide bonds. The molecule has 98 valence electrons. The molecule has 1 aliphatic rings. The first kappa shape index (κ1) is 13.8.